The second kappa shape index (κ2) is 7.33. The highest BCUT2D eigenvalue weighted by molar-refractivity contribution is 6.32. The number of nitro benzene ring substituents is 1. The molecule has 0 spiro atoms. The van der Waals surface area contributed by atoms with E-state index in [9.17, 15) is 14.9 Å². The zero-order chi connectivity index (χ0) is 18.7. The fourth-order valence-corrected chi connectivity index (χ4v) is 2.57. The molecule has 1 aliphatic rings. The van der Waals surface area contributed by atoms with Crippen molar-refractivity contribution in [2.75, 3.05) is 0 Å². The lowest BCUT2D eigenvalue weighted by Gasteiger charge is -2.00. The molecule has 0 aliphatic carbocycles. The summed E-state index contributed by atoms with van der Waals surface area (Å²) in [7, 11) is 0. The maximum atomic E-state index is 12.0. The van der Waals surface area contributed by atoms with Gasteiger partial charge in [0, 0.05) is 11.6 Å². The molecule has 6 nitrogen and oxygen atoms in total. The van der Waals surface area contributed by atoms with Gasteiger partial charge in [0.1, 0.15) is 5.02 Å². The Labute approximate surface area is 154 Å². The number of nitro groups is 1. The highest BCUT2D eigenvalue weighted by Gasteiger charge is 2.26. The first-order valence-corrected chi connectivity index (χ1v) is 8.02. The summed E-state index contributed by atoms with van der Waals surface area (Å²) in [6, 6.07) is 13.7. The molecule has 0 aromatic heterocycles. The second-order valence-corrected chi connectivity index (χ2v) is 5.97. The summed E-state index contributed by atoms with van der Waals surface area (Å²) in [6.07, 6.45) is 3.51. The van der Waals surface area contributed by atoms with Crippen LogP contribution < -0.4 is 0 Å². The van der Waals surface area contributed by atoms with E-state index < -0.39 is 10.9 Å². The number of esters is 1. The number of carbonyl (C=O) groups excluding carboxylic acids is 1. The fourth-order valence-electron chi connectivity index (χ4n) is 2.39. The third kappa shape index (κ3) is 3.87. The minimum Gasteiger partial charge on any atom is -0.402 e. The van der Waals surface area contributed by atoms with E-state index in [1.165, 1.54) is 18.2 Å². The molecule has 26 heavy (non-hydrogen) atoms. The van der Waals surface area contributed by atoms with Gasteiger partial charge in [-0.25, -0.2) is 9.79 Å². The van der Waals surface area contributed by atoms with Crippen LogP contribution in [0.15, 0.2) is 70.9 Å². The van der Waals surface area contributed by atoms with Crippen molar-refractivity contribution in [1.82, 2.24) is 0 Å². The number of benzene rings is 2. The molecule has 0 saturated heterocycles. The standard InChI is InChI=1S/C19H13ClN2O4/c1-12(9-13-5-3-2-4-6-13)10-16-19(23)26-18(21-16)14-7-8-15(20)17(11-14)22(24)25/h2-11H,1H3/b12-9+,16-10-. The predicted molar refractivity (Wildman–Crippen MR) is 98.9 cm³/mol. The number of nitrogens with zero attached hydrogens (tertiary/aromatic N) is 2. The summed E-state index contributed by atoms with van der Waals surface area (Å²) in [5.41, 5.74) is 1.96. The summed E-state index contributed by atoms with van der Waals surface area (Å²) in [5.74, 6) is -0.605. The van der Waals surface area contributed by atoms with Crippen molar-refractivity contribution in [2.24, 2.45) is 4.99 Å². The Balaban J connectivity index is 1.91. The van der Waals surface area contributed by atoms with Crippen LogP contribution in [0.25, 0.3) is 6.08 Å². The topological polar surface area (TPSA) is 81.8 Å². The first kappa shape index (κ1) is 17.6. The van der Waals surface area contributed by atoms with Crippen molar-refractivity contribution in [1.29, 1.82) is 0 Å². The Bertz CT molecular complexity index is 978. The third-order valence-corrected chi connectivity index (χ3v) is 3.89. The number of rotatable bonds is 4. The number of allylic oxidation sites excluding steroid dienone is 2. The molecule has 1 aliphatic heterocycles. The molecule has 0 amide bonds. The van der Waals surface area contributed by atoms with Crippen LogP contribution in [0.4, 0.5) is 5.69 Å². The Kier molecular flexibility index (Phi) is 4.95. The number of ether oxygens (including phenoxy) is 1. The fraction of sp³-hybridized carbons (Fsp3) is 0.0526. The molecule has 1 heterocycles. The van der Waals surface area contributed by atoms with E-state index in [0.717, 1.165) is 11.1 Å². The van der Waals surface area contributed by atoms with Crippen LogP contribution in [0.2, 0.25) is 5.02 Å². The van der Waals surface area contributed by atoms with Gasteiger partial charge in [-0.1, -0.05) is 48.0 Å². The summed E-state index contributed by atoms with van der Waals surface area (Å²) >= 11 is 5.79. The molecule has 0 atom stereocenters. The van der Waals surface area contributed by atoms with Crippen LogP contribution in [0.3, 0.4) is 0 Å². The van der Waals surface area contributed by atoms with Crippen LogP contribution in [-0.2, 0) is 9.53 Å². The van der Waals surface area contributed by atoms with E-state index in [1.54, 1.807) is 6.08 Å². The smallest absolute Gasteiger partial charge is 0.363 e. The molecule has 3 rings (SSSR count). The lowest BCUT2D eigenvalue weighted by molar-refractivity contribution is -0.384. The van der Waals surface area contributed by atoms with Crippen molar-refractivity contribution < 1.29 is 14.5 Å². The van der Waals surface area contributed by atoms with Crippen molar-refractivity contribution in [2.45, 2.75) is 6.92 Å². The molecular formula is C19H13ClN2O4. The number of hydrogen-bond acceptors (Lipinski definition) is 5. The van der Waals surface area contributed by atoms with E-state index in [0.29, 0.717) is 5.56 Å². The second-order valence-electron chi connectivity index (χ2n) is 5.56. The molecule has 0 N–H and O–H groups in total. The van der Waals surface area contributed by atoms with E-state index >= 15 is 0 Å². The summed E-state index contributed by atoms with van der Waals surface area (Å²) in [5, 5.41) is 11.0. The number of carbonyl (C=O) groups is 1. The van der Waals surface area contributed by atoms with Crippen molar-refractivity contribution in [3.8, 4) is 0 Å². The molecule has 0 fully saturated rings. The zero-order valence-electron chi connectivity index (χ0n) is 13.7. The number of halogens is 1. The first-order chi connectivity index (χ1) is 12.4. The molecule has 0 radical (unpaired) electrons. The van der Waals surface area contributed by atoms with Crippen LogP contribution in [0.5, 0.6) is 0 Å². The van der Waals surface area contributed by atoms with Crippen LogP contribution in [-0.4, -0.2) is 16.8 Å². The average molecular weight is 369 g/mol. The van der Waals surface area contributed by atoms with Crippen LogP contribution in [0, 0.1) is 10.1 Å². The minimum absolute atomic E-state index is 0.000998. The monoisotopic (exact) mass is 368 g/mol. The van der Waals surface area contributed by atoms with Gasteiger partial charge in [0.15, 0.2) is 5.70 Å². The highest BCUT2D eigenvalue weighted by Crippen LogP contribution is 2.27. The molecule has 2 aromatic carbocycles. The normalized spacial score (nSPS) is 15.8. The van der Waals surface area contributed by atoms with Gasteiger partial charge < -0.3 is 4.74 Å². The lowest BCUT2D eigenvalue weighted by atomic mass is 10.1. The van der Waals surface area contributed by atoms with Gasteiger partial charge in [-0.05, 0) is 36.3 Å². The van der Waals surface area contributed by atoms with Crippen LogP contribution >= 0.6 is 11.6 Å². The third-order valence-electron chi connectivity index (χ3n) is 3.57. The Morgan fingerprint density at radius 1 is 1.23 bits per heavy atom. The first-order valence-electron chi connectivity index (χ1n) is 7.64. The van der Waals surface area contributed by atoms with E-state index in [2.05, 4.69) is 4.99 Å². The molecule has 0 bridgehead atoms. The Morgan fingerprint density at radius 2 is 1.96 bits per heavy atom. The lowest BCUT2D eigenvalue weighted by Crippen LogP contribution is -2.06. The molecular weight excluding hydrogens is 356 g/mol. The molecule has 0 unspecified atom stereocenters. The largest absolute Gasteiger partial charge is 0.402 e. The van der Waals surface area contributed by atoms with E-state index in [4.69, 9.17) is 16.3 Å². The van der Waals surface area contributed by atoms with Crippen molar-refractivity contribution >= 4 is 35.2 Å². The number of cyclic esters (lactones) is 1. The van der Waals surface area contributed by atoms with Gasteiger partial charge in [0.05, 0.1) is 4.92 Å². The number of aliphatic imine (C=N–C) groups is 1. The van der Waals surface area contributed by atoms with Crippen molar-refractivity contribution in [3.63, 3.8) is 0 Å². The van der Waals surface area contributed by atoms with Gasteiger partial charge in [-0.15, -0.1) is 0 Å². The van der Waals surface area contributed by atoms with Gasteiger partial charge >= 0.3 is 5.97 Å². The van der Waals surface area contributed by atoms with Gasteiger partial charge in [0.2, 0.25) is 5.90 Å². The van der Waals surface area contributed by atoms with Gasteiger partial charge in [-0.3, -0.25) is 10.1 Å². The van der Waals surface area contributed by atoms with Crippen LogP contribution in [0.1, 0.15) is 18.1 Å². The minimum atomic E-state index is -0.613. The van der Waals surface area contributed by atoms with Gasteiger partial charge in [-0.2, -0.15) is 0 Å². The Hall–Kier alpha value is -3.25. The molecule has 130 valence electrons. The zero-order valence-corrected chi connectivity index (χ0v) is 14.4. The summed E-state index contributed by atoms with van der Waals surface area (Å²) < 4.78 is 5.14. The van der Waals surface area contributed by atoms with Gasteiger partial charge in [0.25, 0.3) is 5.69 Å². The maximum Gasteiger partial charge on any atom is 0.363 e. The molecule has 0 saturated carbocycles. The maximum absolute atomic E-state index is 12.0. The SMILES string of the molecule is CC(/C=C1\N=C(c2ccc(Cl)c([N+](=O)[O-])c2)OC1=O)=C\c1ccccc1. The summed E-state index contributed by atoms with van der Waals surface area (Å²) in [4.78, 5) is 26.6. The molecule has 2 aromatic rings. The number of hydrogen-bond donors (Lipinski definition) is 0. The summed E-state index contributed by atoms with van der Waals surface area (Å²) in [6.45, 7) is 1.84. The quantitative estimate of drug-likeness (QED) is 0.343. The predicted octanol–water partition coefficient (Wildman–Crippen LogP) is 4.54. The van der Waals surface area contributed by atoms with Crippen molar-refractivity contribution in [3.05, 3.63) is 92.1 Å². The van der Waals surface area contributed by atoms with E-state index in [1.807, 2.05) is 43.3 Å². The van der Waals surface area contributed by atoms with E-state index in [-0.39, 0.29) is 22.3 Å². The Morgan fingerprint density at radius 3 is 2.65 bits per heavy atom. The highest BCUT2D eigenvalue weighted by atomic mass is 35.5. The average Bonchev–Trinajstić information content (AvgIpc) is 2.96. The molecule has 7 heteroatoms.